The summed E-state index contributed by atoms with van der Waals surface area (Å²) in [5, 5.41) is 0. The average Bonchev–Trinajstić information content (AvgIpc) is 3.12. The normalized spacial score (nSPS) is 13.3. The molecule has 2 amide bonds. The van der Waals surface area contributed by atoms with E-state index in [1.165, 1.54) is 36.1 Å². The van der Waals surface area contributed by atoms with Gasteiger partial charge in [-0.3, -0.25) is 14.8 Å². The molecule has 0 aliphatic heterocycles. The largest absolute Gasteiger partial charge is 0.488 e. The van der Waals surface area contributed by atoms with Crippen LogP contribution in [0.25, 0.3) is 0 Å². The summed E-state index contributed by atoms with van der Waals surface area (Å²) in [7, 11) is 1.52. The molecule has 0 spiro atoms. The van der Waals surface area contributed by atoms with Crippen LogP contribution in [0.5, 0.6) is 5.75 Å². The van der Waals surface area contributed by atoms with Crippen molar-refractivity contribution in [3.63, 3.8) is 0 Å². The van der Waals surface area contributed by atoms with E-state index in [9.17, 15) is 14.4 Å². The van der Waals surface area contributed by atoms with Gasteiger partial charge in [0, 0.05) is 30.9 Å². The van der Waals surface area contributed by atoms with Gasteiger partial charge in [0.1, 0.15) is 36.7 Å². The van der Waals surface area contributed by atoms with Crippen molar-refractivity contribution in [2.75, 3.05) is 18.5 Å². The van der Waals surface area contributed by atoms with Crippen LogP contribution in [0.4, 0.5) is 10.5 Å². The minimum Gasteiger partial charge on any atom is -0.488 e. The molecule has 1 saturated carbocycles. The summed E-state index contributed by atoms with van der Waals surface area (Å²) >= 11 is 0. The molecular formula is C40H46N4O6. The number of rotatable bonds is 12. The zero-order valence-corrected chi connectivity index (χ0v) is 29.3. The highest BCUT2D eigenvalue weighted by atomic mass is 16.6. The van der Waals surface area contributed by atoms with Crippen LogP contribution in [0.2, 0.25) is 0 Å². The Bertz CT molecular complexity index is 1720. The Kier molecular flexibility index (Phi) is 12.2. The van der Waals surface area contributed by atoms with E-state index in [2.05, 4.69) is 0 Å². The van der Waals surface area contributed by atoms with Crippen molar-refractivity contribution >= 4 is 23.7 Å². The molecule has 10 heteroatoms. The van der Waals surface area contributed by atoms with E-state index in [0.29, 0.717) is 17.3 Å². The van der Waals surface area contributed by atoms with Gasteiger partial charge in [-0.25, -0.2) is 9.59 Å². The number of hydrogen-bond acceptors (Lipinski definition) is 8. The molecule has 0 bridgehead atoms. The number of likely N-dealkylation sites (N-methyl/N-ethyl adjacent to an activating group) is 1. The number of amides is 2. The minimum absolute atomic E-state index is 0.0782. The summed E-state index contributed by atoms with van der Waals surface area (Å²) in [4.78, 5) is 52.4. The molecular weight excluding hydrogens is 632 g/mol. The smallest absolute Gasteiger partial charge is 0.410 e. The predicted octanol–water partition coefficient (Wildman–Crippen LogP) is 7.86. The van der Waals surface area contributed by atoms with Crippen LogP contribution >= 0.6 is 0 Å². The van der Waals surface area contributed by atoms with Gasteiger partial charge in [-0.05, 0) is 56.9 Å². The number of ether oxygens (including phenoxy) is 3. The van der Waals surface area contributed by atoms with Crippen LogP contribution in [-0.4, -0.2) is 52.0 Å². The van der Waals surface area contributed by atoms with Crippen LogP contribution in [0, 0.1) is 0 Å². The van der Waals surface area contributed by atoms with Crippen molar-refractivity contribution in [3.05, 3.63) is 119 Å². The van der Waals surface area contributed by atoms with E-state index in [1.807, 2.05) is 60.7 Å². The molecule has 0 unspecified atom stereocenters. The van der Waals surface area contributed by atoms with Crippen molar-refractivity contribution in [1.29, 1.82) is 0 Å². The van der Waals surface area contributed by atoms with Gasteiger partial charge in [-0.1, -0.05) is 79.9 Å². The van der Waals surface area contributed by atoms with Crippen LogP contribution < -0.4 is 9.64 Å². The Morgan fingerprint density at radius 3 is 2.10 bits per heavy atom. The molecule has 0 saturated heterocycles. The van der Waals surface area contributed by atoms with E-state index in [4.69, 9.17) is 24.2 Å². The lowest BCUT2D eigenvalue weighted by Crippen LogP contribution is -2.43. The van der Waals surface area contributed by atoms with Gasteiger partial charge in [-0.15, -0.1) is 0 Å². The van der Waals surface area contributed by atoms with Crippen molar-refractivity contribution in [3.8, 4) is 5.75 Å². The second-order valence-electron chi connectivity index (χ2n) is 13.6. The Morgan fingerprint density at radius 2 is 1.48 bits per heavy atom. The van der Waals surface area contributed by atoms with Gasteiger partial charge in [-0.2, -0.15) is 0 Å². The van der Waals surface area contributed by atoms with Gasteiger partial charge in [0.15, 0.2) is 0 Å². The molecule has 1 aliphatic carbocycles. The van der Waals surface area contributed by atoms with Crippen LogP contribution in [0.1, 0.15) is 91.7 Å². The summed E-state index contributed by atoms with van der Waals surface area (Å²) in [6.07, 6.45) is 8.72. The van der Waals surface area contributed by atoms with Crippen LogP contribution in [-0.2, 0) is 34.0 Å². The zero-order valence-electron chi connectivity index (χ0n) is 29.3. The maximum absolute atomic E-state index is 14.0. The molecule has 1 fully saturated rings. The molecule has 1 aromatic heterocycles. The van der Waals surface area contributed by atoms with E-state index in [-0.39, 0.29) is 43.5 Å². The Balaban J connectivity index is 1.44. The Labute approximate surface area is 294 Å². The lowest BCUT2D eigenvalue weighted by molar-refractivity contribution is -0.119. The van der Waals surface area contributed by atoms with Crippen LogP contribution in [0.15, 0.2) is 91.3 Å². The zero-order chi connectivity index (χ0) is 35.5. The summed E-state index contributed by atoms with van der Waals surface area (Å²) in [5.41, 5.74) is 3.25. The Hall–Kier alpha value is -5.25. The maximum Gasteiger partial charge on any atom is 0.410 e. The fourth-order valence-corrected chi connectivity index (χ4v) is 5.74. The monoisotopic (exact) mass is 678 g/mol. The third kappa shape index (κ3) is 10.4. The van der Waals surface area contributed by atoms with Crippen LogP contribution in [0.3, 0.4) is 0 Å². The number of benzene rings is 3. The standard InChI is InChI=1S/C40H46N4O6/c1-40(2,3)50-39(47)43(4)26-37(45)44(25-32-23-42-35(24-41-32)31-18-12-7-13-19-31)33-20-21-34(38(46)49-28-30-16-10-6-11-17-30)36(22-33)48-27-29-14-8-5-9-15-29/h5-6,8-11,14-17,20-24,31H,7,12-13,18-19,25-28H2,1-4H3. The molecule has 4 aromatic rings. The van der Waals surface area contributed by atoms with Gasteiger partial charge in [0.25, 0.3) is 0 Å². The van der Waals surface area contributed by atoms with E-state index in [0.717, 1.165) is 29.7 Å². The molecule has 5 rings (SSSR count). The first-order valence-corrected chi connectivity index (χ1v) is 17.1. The second kappa shape index (κ2) is 16.9. The molecule has 0 radical (unpaired) electrons. The van der Waals surface area contributed by atoms with E-state index in [1.54, 1.807) is 51.4 Å². The molecule has 0 N–H and O–H groups in total. The first kappa shape index (κ1) is 36.0. The molecule has 50 heavy (non-hydrogen) atoms. The quantitative estimate of drug-likeness (QED) is 0.139. The van der Waals surface area contributed by atoms with Crippen molar-refractivity contribution < 1.29 is 28.6 Å². The highest BCUT2D eigenvalue weighted by molar-refractivity contribution is 5.98. The lowest BCUT2D eigenvalue weighted by atomic mass is 9.87. The van der Waals surface area contributed by atoms with Gasteiger partial charge in [0.05, 0.1) is 24.1 Å². The number of esters is 1. The summed E-state index contributed by atoms with van der Waals surface area (Å²) in [6.45, 7) is 5.41. The minimum atomic E-state index is -0.723. The van der Waals surface area contributed by atoms with E-state index >= 15 is 0 Å². The number of aromatic nitrogens is 2. The molecule has 3 aromatic carbocycles. The second-order valence-corrected chi connectivity index (χ2v) is 13.6. The molecule has 10 nitrogen and oxygen atoms in total. The fourth-order valence-electron chi connectivity index (χ4n) is 5.74. The predicted molar refractivity (Wildman–Crippen MR) is 191 cm³/mol. The third-order valence-corrected chi connectivity index (χ3v) is 8.39. The van der Waals surface area contributed by atoms with Crippen molar-refractivity contribution in [1.82, 2.24) is 14.9 Å². The highest BCUT2D eigenvalue weighted by Gasteiger charge is 2.26. The van der Waals surface area contributed by atoms with Crippen molar-refractivity contribution in [2.24, 2.45) is 0 Å². The first-order chi connectivity index (χ1) is 24.1. The maximum atomic E-state index is 14.0. The topological polar surface area (TPSA) is 111 Å². The Morgan fingerprint density at radius 1 is 0.820 bits per heavy atom. The number of carbonyl (C=O) groups excluding carboxylic acids is 3. The lowest BCUT2D eigenvalue weighted by Gasteiger charge is -2.28. The summed E-state index contributed by atoms with van der Waals surface area (Å²) in [5.74, 6) is -0.300. The SMILES string of the molecule is CN(CC(=O)N(Cc1cnc(C2CCCCC2)cn1)c1ccc(C(=O)OCc2ccccc2)c(OCc2ccccc2)c1)C(=O)OC(C)(C)C. The molecule has 0 atom stereocenters. The molecule has 1 heterocycles. The summed E-state index contributed by atoms with van der Waals surface area (Å²) < 4.78 is 17.4. The van der Waals surface area contributed by atoms with Crippen molar-refractivity contribution in [2.45, 2.75) is 84.2 Å². The molecule has 262 valence electrons. The van der Waals surface area contributed by atoms with E-state index < -0.39 is 17.7 Å². The fraction of sp³-hybridized carbons (Fsp3) is 0.375. The number of anilines is 1. The molecule has 1 aliphatic rings. The van der Waals surface area contributed by atoms with Gasteiger partial charge < -0.3 is 24.0 Å². The number of hydrogen-bond donors (Lipinski definition) is 0. The highest BCUT2D eigenvalue weighted by Crippen LogP contribution is 2.32. The summed E-state index contributed by atoms with van der Waals surface area (Å²) in [6, 6.07) is 23.9. The van der Waals surface area contributed by atoms with Gasteiger partial charge in [0.2, 0.25) is 5.91 Å². The average molecular weight is 679 g/mol. The number of nitrogens with zero attached hydrogens (tertiary/aromatic N) is 4. The number of carbonyl (C=O) groups is 3. The van der Waals surface area contributed by atoms with Gasteiger partial charge >= 0.3 is 12.1 Å². The first-order valence-electron chi connectivity index (χ1n) is 17.1. The third-order valence-electron chi connectivity index (χ3n) is 8.39.